The highest BCUT2D eigenvalue weighted by molar-refractivity contribution is 14.0. The van der Waals surface area contributed by atoms with Gasteiger partial charge in [-0.15, -0.1) is 34.2 Å². The van der Waals surface area contributed by atoms with Crippen LogP contribution >= 0.6 is 24.0 Å². The molecule has 9 heteroatoms. The minimum absolute atomic E-state index is 0. The predicted molar refractivity (Wildman–Crippen MR) is 109 cm³/mol. The molecule has 2 N–H and O–H groups in total. The van der Waals surface area contributed by atoms with E-state index in [2.05, 4.69) is 29.6 Å². The summed E-state index contributed by atoms with van der Waals surface area (Å²) in [5.41, 5.74) is 7.20. The number of halogens is 2. The summed E-state index contributed by atoms with van der Waals surface area (Å²) in [4.78, 5) is 8.82. The Bertz CT molecular complexity index is 766. The van der Waals surface area contributed by atoms with Crippen molar-refractivity contribution >= 4 is 35.6 Å². The van der Waals surface area contributed by atoms with Gasteiger partial charge in [0.2, 0.25) is 0 Å². The van der Waals surface area contributed by atoms with Crippen LogP contribution in [0.2, 0.25) is 0 Å². The molecular formula is C17H23FIN7. The first-order valence-corrected chi connectivity index (χ1v) is 8.67. The number of aryl methyl sites for hydroxylation is 1. The lowest BCUT2D eigenvalue weighted by molar-refractivity contribution is 0.380. The van der Waals surface area contributed by atoms with Gasteiger partial charge in [-0.1, -0.05) is 0 Å². The maximum atomic E-state index is 13.0. The summed E-state index contributed by atoms with van der Waals surface area (Å²) in [5.74, 6) is 2.28. The second kappa shape index (κ2) is 8.19. The first kappa shape index (κ1) is 18.9. The summed E-state index contributed by atoms with van der Waals surface area (Å²) < 4.78 is 15.2. The van der Waals surface area contributed by atoms with Crippen LogP contribution in [0.15, 0.2) is 29.3 Å². The van der Waals surface area contributed by atoms with Gasteiger partial charge in [0.15, 0.2) is 11.8 Å². The molecule has 0 saturated carbocycles. The fraction of sp³-hybridized carbons (Fsp3) is 0.471. The fourth-order valence-corrected chi connectivity index (χ4v) is 3.43. The zero-order valence-corrected chi connectivity index (χ0v) is 16.8. The van der Waals surface area contributed by atoms with E-state index in [4.69, 9.17) is 5.73 Å². The number of hydrogen-bond acceptors (Lipinski definition) is 4. The SMILES string of the molecule is I.NC(=NCc1nnc2n1CCC2)N1CCN(c2ccc(F)cc2)CC1. The molecule has 0 unspecified atom stereocenters. The standard InChI is InChI=1S/C17H22FN7.HI/c18-13-3-5-14(6-4-13)23-8-10-24(11-9-23)17(19)20-12-16-22-21-15-2-1-7-25(15)16;/h3-6H,1-2,7-12H2,(H2,19,20);1H. The molecule has 1 aromatic heterocycles. The molecule has 0 bridgehead atoms. The van der Waals surface area contributed by atoms with Crippen molar-refractivity contribution in [3.05, 3.63) is 41.7 Å². The number of rotatable bonds is 3. The maximum absolute atomic E-state index is 13.0. The van der Waals surface area contributed by atoms with Crippen molar-refractivity contribution in [1.82, 2.24) is 19.7 Å². The number of guanidine groups is 1. The van der Waals surface area contributed by atoms with Crippen molar-refractivity contribution in [2.75, 3.05) is 31.1 Å². The Morgan fingerprint density at radius 3 is 2.54 bits per heavy atom. The third kappa shape index (κ3) is 3.92. The van der Waals surface area contributed by atoms with Crippen LogP contribution in [0.3, 0.4) is 0 Å². The van der Waals surface area contributed by atoms with Gasteiger partial charge >= 0.3 is 0 Å². The molecule has 2 aliphatic rings. The zero-order chi connectivity index (χ0) is 17.2. The largest absolute Gasteiger partial charge is 0.370 e. The van der Waals surface area contributed by atoms with Gasteiger partial charge in [0, 0.05) is 44.8 Å². The Morgan fingerprint density at radius 1 is 1.08 bits per heavy atom. The van der Waals surface area contributed by atoms with Gasteiger partial charge in [-0.3, -0.25) is 0 Å². The summed E-state index contributed by atoms with van der Waals surface area (Å²) in [7, 11) is 0. The van der Waals surface area contributed by atoms with Gasteiger partial charge < -0.3 is 20.1 Å². The Hall–Kier alpha value is -1.91. The van der Waals surface area contributed by atoms with Crippen molar-refractivity contribution in [2.24, 2.45) is 10.7 Å². The second-order valence-corrected chi connectivity index (χ2v) is 6.41. The summed E-state index contributed by atoms with van der Waals surface area (Å²) in [5, 5.41) is 8.40. The summed E-state index contributed by atoms with van der Waals surface area (Å²) >= 11 is 0. The lowest BCUT2D eigenvalue weighted by atomic mass is 10.2. The maximum Gasteiger partial charge on any atom is 0.191 e. The highest BCUT2D eigenvalue weighted by atomic mass is 127. The van der Waals surface area contributed by atoms with Crippen LogP contribution in [0, 0.1) is 5.82 Å². The number of piperazine rings is 1. The number of nitrogens with zero attached hydrogens (tertiary/aromatic N) is 6. The second-order valence-electron chi connectivity index (χ2n) is 6.41. The molecule has 7 nitrogen and oxygen atoms in total. The van der Waals surface area contributed by atoms with Crippen LogP contribution in [0.4, 0.5) is 10.1 Å². The lowest BCUT2D eigenvalue weighted by Gasteiger charge is -2.36. The predicted octanol–water partition coefficient (Wildman–Crippen LogP) is 1.62. The van der Waals surface area contributed by atoms with Crippen LogP contribution in [0.5, 0.6) is 0 Å². The smallest absolute Gasteiger partial charge is 0.191 e. The van der Waals surface area contributed by atoms with E-state index in [0.29, 0.717) is 12.5 Å². The topological polar surface area (TPSA) is 75.6 Å². The average molecular weight is 471 g/mol. The normalized spacial score (nSPS) is 17.2. The summed E-state index contributed by atoms with van der Waals surface area (Å²) in [6.07, 6.45) is 2.12. The van der Waals surface area contributed by atoms with Gasteiger partial charge in [0.05, 0.1) is 0 Å². The first-order valence-electron chi connectivity index (χ1n) is 8.67. The number of aromatic nitrogens is 3. The third-order valence-electron chi connectivity index (χ3n) is 4.86. The number of hydrogen-bond donors (Lipinski definition) is 1. The van der Waals surface area contributed by atoms with E-state index in [1.165, 1.54) is 12.1 Å². The molecule has 2 aromatic rings. The number of aliphatic imine (C=N–C) groups is 1. The number of anilines is 1. The van der Waals surface area contributed by atoms with E-state index in [-0.39, 0.29) is 29.8 Å². The molecule has 1 saturated heterocycles. The van der Waals surface area contributed by atoms with Crippen LogP contribution in [0.25, 0.3) is 0 Å². The Labute approximate surface area is 169 Å². The number of benzene rings is 1. The summed E-state index contributed by atoms with van der Waals surface area (Å²) in [6, 6.07) is 6.62. The van der Waals surface area contributed by atoms with Gasteiger partial charge in [0.1, 0.15) is 18.2 Å². The van der Waals surface area contributed by atoms with E-state index in [0.717, 1.165) is 62.9 Å². The quantitative estimate of drug-likeness (QED) is 0.419. The number of nitrogens with two attached hydrogens (primary N) is 1. The Morgan fingerprint density at radius 2 is 1.81 bits per heavy atom. The molecule has 0 atom stereocenters. The van der Waals surface area contributed by atoms with Crippen molar-refractivity contribution < 1.29 is 4.39 Å². The first-order chi connectivity index (χ1) is 12.2. The van der Waals surface area contributed by atoms with Crippen molar-refractivity contribution in [3.8, 4) is 0 Å². The van der Waals surface area contributed by atoms with Crippen LogP contribution in [-0.4, -0.2) is 51.8 Å². The zero-order valence-electron chi connectivity index (χ0n) is 14.5. The highest BCUT2D eigenvalue weighted by Crippen LogP contribution is 2.17. The van der Waals surface area contributed by atoms with Gasteiger partial charge in [-0.25, -0.2) is 9.38 Å². The Balaban J connectivity index is 0.00000196. The van der Waals surface area contributed by atoms with E-state index in [1.807, 2.05) is 12.1 Å². The minimum atomic E-state index is -0.210. The van der Waals surface area contributed by atoms with Crippen LogP contribution in [0.1, 0.15) is 18.1 Å². The molecular weight excluding hydrogens is 448 g/mol. The van der Waals surface area contributed by atoms with E-state index in [9.17, 15) is 4.39 Å². The molecule has 3 heterocycles. The summed E-state index contributed by atoms with van der Waals surface area (Å²) in [6.45, 7) is 4.71. The molecule has 0 radical (unpaired) electrons. The molecule has 26 heavy (non-hydrogen) atoms. The monoisotopic (exact) mass is 471 g/mol. The number of fused-ring (bicyclic) bond motifs is 1. The molecule has 140 valence electrons. The van der Waals surface area contributed by atoms with Crippen molar-refractivity contribution in [1.29, 1.82) is 0 Å². The molecule has 1 fully saturated rings. The molecule has 1 aromatic carbocycles. The van der Waals surface area contributed by atoms with Crippen molar-refractivity contribution in [3.63, 3.8) is 0 Å². The molecule has 2 aliphatic heterocycles. The molecule has 0 spiro atoms. The molecule has 0 amide bonds. The average Bonchev–Trinajstić information content (AvgIpc) is 3.25. The minimum Gasteiger partial charge on any atom is -0.370 e. The van der Waals surface area contributed by atoms with Gasteiger partial charge in [-0.05, 0) is 30.7 Å². The van der Waals surface area contributed by atoms with Gasteiger partial charge in [-0.2, -0.15) is 0 Å². The van der Waals surface area contributed by atoms with Crippen molar-refractivity contribution in [2.45, 2.75) is 25.9 Å². The third-order valence-corrected chi connectivity index (χ3v) is 4.86. The molecule has 0 aliphatic carbocycles. The fourth-order valence-electron chi connectivity index (χ4n) is 3.43. The van der Waals surface area contributed by atoms with E-state index < -0.39 is 0 Å². The van der Waals surface area contributed by atoms with Gasteiger partial charge in [0.25, 0.3) is 0 Å². The molecule has 4 rings (SSSR count). The Kier molecular flexibility index (Phi) is 5.94. The van der Waals surface area contributed by atoms with E-state index >= 15 is 0 Å². The lowest BCUT2D eigenvalue weighted by Crippen LogP contribution is -2.51. The van der Waals surface area contributed by atoms with Crippen LogP contribution < -0.4 is 10.6 Å². The van der Waals surface area contributed by atoms with Crippen LogP contribution in [-0.2, 0) is 19.5 Å². The van der Waals surface area contributed by atoms with E-state index in [1.54, 1.807) is 0 Å². The highest BCUT2D eigenvalue weighted by Gasteiger charge is 2.20.